The molecule has 0 spiro atoms. The van der Waals surface area contributed by atoms with Crippen LogP contribution in [0.25, 0.3) is 43.8 Å². The molecule has 46 heavy (non-hydrogen) atoms. The molecule has 6 aromatic rings. The summed E-state index contributed by atoms with van der Waals surface area (Å²) in [4.78, 5) is 0. The molecule has 0 amide bonds. The molecule has 6 aromatic carbocycles. The van der Waals surface area contributed by atoms with Crippen molar-refractivity contribution in [3.8, 4) is 22.3 Å². The van der Waals surface area contributed by atoms with Crippen LogP contribution < -0.4 is 0 Å². The molecule has 0 saturated heterocycles. The molecule has 2 radical (unpaired) electrons. The Morgan fingerprint density at radius 1 is 0.543 bits per heavy atom. The van der Waals surface area contributed by atoms with E-state index in [4.69, 9.17) is 17.0 Å². The molecule has 0 saturated carbocycles. The Balaban J connectivity index is 0.000000214. The summed E-state index contributed by atoms with van der Waals surface area (Å²) in [5.74, 6) is 0. The molecule has 0 bridgehead atoms. The van der Waals surface area contributed by atoms with E-state index in [-0.39, 0.29) is 10.8 Å². The van der Waals surface area contributed by atoms with Crippen molar-refractivity contribution in [3.63, 3.8) is 0 Å². The van der Waals surface area contributed by atoms with E-state index in [0.29, 0.717) is 0 Å². The van der Waals surface area contributed by atoms with Gasteiger partial charge in [0.05, 0.1) is 0 Å². The molecule has 0 N–H and O–H groups in total. The quantitative estimate of drug-likeness (QED) is 0.122. The summed E-state index contributed by atoms with van der Waals surface area (Å²) in [7, 11) is 11.0. The fraction of sp³-hybridized carbons (Fsp3) is 0.286. The van der Waals surface area contributed by atoms with Crippen molar-refractivity contribution in [3.05, 3.63) is 131 Å². The number of aryl methyl sites for hydroxylation is 2. The molecular formula is C42H48Cl2SiZr. The standard InChI is InChI=1S/2C20H21.C2H6Si.2ClH.Zr/c2*1-14-10-11-16-12-17(20(2,3)4)13-18(16)19(14)15-8-6-5-7-9-15;1-3-2;;;/h2*5-13H,1-4H3;1-2H3;2*1H;/q2*-1;;;;+4/p-2. The van der Waals surface area contributed by atoms with Gasteiger partial charge in [-0.2, -0.15) is 12.1 Å². The predicted molar refractivity (Wildman–Crippen MR) is 206 cm³/mol. The molecule has 0 aromatic heterocycles. The van der Waals surface area contributed by atoms with Crippen LogP contribution in [0.1, 0.15) is 63.8 Å². The van der Waals surface area contributed by atoms with Crippen molar-refractivity contribution in [2.75, 3.05) is 0 Å². The fourth-order valence-electron chi connectivity index (χ4n) is 5.62. The summed E-state index contributed by atoms with van der Waals surface area (Å²) >= 11 is -0.826. The van der Waals surface area contributed by atoms with E-state index in [9.17, 15) is 0 Å². The van der Waals surface area contributed by atoms with Gasteiger partial charge in [-0.15, -0.1) is 69.1 Å². The summed E-state index contributed by atoms with van der Waals surface area (Å²) < 4.78 is 0. The SMILES string of the molecule is C[Si]C.Cc1ccc2[cH-]c(C(C)(C)C)cc2c1-c1ccccc1.Cc1ccc2[cH-]c(C(C)(C)C)cc2c1-c1ccccc1.[Cl][Zr+2][Cl]. The summed E-state index contributed by atoms with van der Waals surface area (Å²) in [6.07, 6.45) is 0. The monoisotopic (exact) mass is 740 g/mol. The third kappa shape index (κ3) is 9.90. The molecule has 6 rings (SSSR count). The molecule has 0 aliphatic carbocycles. The van der Waals surface area contributed by atoms with Crippen LogP contribution in [0.3, 0.4) is 0 Å². The van der Waals surface area contributed by atoms with E-state index >= 15 is 0 Å². The van der Waals surface area contributed by atoms with Crippen LogP contribution >= 0.6 is 17.0 Å². The Kier molecular flexibility index (Phi) is 14.3. The van der Waals surface area contributed by atoms with Crippen LogP contribution in [0.15, 0.2) is 109 Å². The molecular weight excluding hydrogens is 695 g/mol. The van der Waals surface area contributed by atoms with Crippen molar-refractivity contribution >= 4 is 48.1 Å². The zero-order chi connectivity index (χ0) is 34.1. The topological polar surface area (TPSA) is 0 Å². The molecule has 0 aliphatic rings. The normalized spacial score (nSPS) is 11.0. The average molecular weight is 743 g/mol. The van der Waals surface area contributed by atoms with Crippen molar-refractivity contribution in [2.24, 2.45) is 0 Å². The minimum atomic E-state index is -0.826. The van der Waals surface area contributed by atoms with Gasteiger partial charge in [0.25, 0.3) is 0 Å². The summed E-state index contributed by atoms with van der Waals surface area (Å²) in [5.41, 5.74) is 11.3. The van der Waals surface area contributed by atoms with E-state index in [1.54, 1.807) is 0 Å². The number of benzene rings is 4. The van der Waals surface area contributed by atoms with Crippen molar-refractivity contribution < 1.29 is 20.8 Å². The van der Waals surface area contributed by atoms with Gasteiger partial charge < -0.3 is 0 Å². The third-order valence-corrected chi connectivity index (χ3v) is 8.05. The fourth-order valence-corrected chi connectivity index (χ4v) is 5.62. The van der Waals surface area contributed by atoms with Gasteiger partial charge in [0.2, 0.25) is 0 Å². The maximum absolute atomic E-state index is 4.93. The summed E-state index contributed by atoms with van der Waals surface area (Å²) in [6.45, 7) is 22.3. The van der Waals surface area contributed by atoms with Crippen molar-refractivity contribution in [1.82, 2.24) is 0 Å². The van der Waals surface area contributed by atoms with E-state index in [2.05, 4.69) is 178 Å². The number of hydrogen-bond acceptors (Lipinski definition) is 0. The van der Waals surface area contributed by atoms with Gasteiger partial charge in [0.15, 0.2) is 0 Å². The zero-order valence-electron chi connectivity index (χ0n) is 29.1. The second-order valence-electron chi connectivity index (χ2n) is 13.8. The van der Waals surface area contributed by atoms with E-state index in [1.165, 1.54) is 66.1 Å². The molecule has 4 heteroatoms. The molecule has 0 fully saturated rings. The minimum absolute atomic E-state index is 0.195. The van der Waals surface area contributed by atoms with Crippen LogP contribution in [0.2, 0.25) is 13.1 Å². The third-order valence-electron chi connectivity index (χ3n) is 8.05. The van der Waals surface area contributed by atoms with Crippen molar-refractivity contribution in [1.29, 1.82) is 0 Å². The zero-order valence-corrected chi connectivity index (χ0v) is 34.1. The molecule has 0 aliphatic heterocycles. The van der Waals surface area contributed by atoms with Gasteiger partial charge in [0, 0.05) is 9.52 Å². The van der Waals surface area contributed by atoms with Crippen LogP contribution in [0, 0.1) is 13.8 Å². The Labute approximate surface area is 299 Å². The maximum atomic E-state index is 4.93. The first-order valence-corrected chi connectivity index (χ1v) is 24.2. The van der Waals surface area contributed by atoms with Gasteiger partial charge in [-0.3, -0.25) is 0 Å². The van der Waals surface area contributed by atoms with Crippen LogP contribution in [-0.4, -0.2) is 9.52 Å². The summed E-state index contributed by atoms with van der Waals surface area (Å²) in [6, 6.07) is 39.7. The average Bonchev–Trinajstić information content (AvgIpc) is 3.65. The molecule has 0 atom stereocenters. The van der Waals surface area contributed by atoms with Gasteiger partial charge in [-0.1, -0.05) is 138 Å². The summed E-state index contributed by atoms with van der Waals surface area (Å²) in [5, 5.41) is 5.45. The second-order valence-corrected chi connectivity index (χ2v) is 18.5. The second kappa shape index (κ2) is 17.3. The van der Waals surface area contributed by atoms with Gasteiger partial charge in [-0.05, 0) is 35.8 Å². The number of halogens is 2. The van der Waals surface area contributed by atoms with Crippen LogP contribution in [-0.2, 0) is 31.7 Å². The van der Waals surface area contributed by atoms with Gasteiger partial charge in [0.1, 0.15) is 0 Å². The molecule has 0 unspecified atom stereocenters. The van der Waals surface area contributed by atoms with Crippen molar-refractivity contribution in [2.45, 2.75) is 79.3 Å². The number of hydrogen-bond donors (Lipinski definition) is 0. The Bertz CT molecular complexity index is 1660. The Morgan fingerprint density at radius 3 is 1.13 bits per heavy atom. The van der Waals surface area contributed by atoms with E-state index < -0.39 is 20.8 Å². The van der Waals surface area contributed by atoms with Crippen LogP contribution in [0.4, 0.5) is 0 Å². The Morgan fingerprint density at radius 2 is 0.848 bits per heavy atom. The predicted octanol–water partition coefficient (Wildman–Crippen LogP) is 13.8. The molecule has 0 nitrogen and oxygen atoms in total. The first-order chi connectivity index (χ1) is 21.8. The Hall–Kier alpha value is -2.22. The van der Waals surface area contributed by atoms with Crippen LogP contribution in [0.5, 0.6) is 0 Å². The molecule has 238 valence electrons. The number of fused-ring (bicyclic) bond motifs is 2. The van der Waals surface area contributed by atoms with Gasteiger partial charge >= 0.3 is 37.9 Å². The molecule has 0 heterocycles. The van der Waals surface area contributed by atoms with Gasteiger partial charge in [-0.25, -0.2) is 0 Å². The first-order valence-electron chi connectivity index (χ1n) is 15.8. The van der Waals surface area contributed by atoms with E-state index in [1.807, 2.05) is 0 Å². The van der Waals surface area contributed by atoms with E-state index in [0.717, 1.165) is 9.52 Å². The first kappa shape index (κ1) is 38.2. The number of rotatable bonds is 2.